The summed E-state index contributed by atoms with van der Waals surface area (Å²) in [4.78, 5) is 14.2. The van der Waals surface area contributed by atoms with Crippen molar-refractivity contribution in [1.29, 1.82) is 0 Å². The Morgan fingerprint density at radius 1 is 1.19 bits per heavy atom. The number of sulfone groups is 1. The van der Waals surface area contributed by atoms with Crippen molar-refractivity contribution >= 4 is 21.4 Å². The fourth-order valence-corrected chi connectivity index (χ4v) is 3.41. The summed E-state index contributed by atoms with van der Waals surface area (Å²) < 4.78 is 23.4. The van der Waals surface area contributed by atoms with Crippen molar-refractivity contribution < 1.29 is 13.2 Å². The van der Waals surface area contributed by atoms with Crippen LogP contribution in [0.1, 0.15) is 25.7 Å². The Morgan fingerprint density at radius 2 is 1.86 bits per heavy atom. The number of anilines is 1. The Bertz CT molecular complexity index is 593. The van der Waals surface area contributed by atoms with E-state index >= 15 is 0 Å². The fourth-order valence-electron chi connectivity index (χ4n) is 2.54. The van der Waals surface area contributed by atoms with E-state index in [4.69, 9.17) is 0 Å². The van der Waals surface area contributed by atoms with Crippen LogP contribution in [0, 0.1) is 0 Å². The van der Waals surface area contributed by atoms with Gasteiger partial charge in [-0.3, -0.25) is 4.79 Å². The smallest absolute Gasteiger partial charge is 0.224 e. The molecule has 1 heterocycles. The molecule has 1 aromatic rings. The van der Waals surface area contributed by atoms with Crippen molar-refractivity contribution in [3.05, 3.63) is 24.3 Å². The number of carbonyl (C=O) groups excluding carboxylic acids is 1. The number of likely N-dealkylation sites (tertiary alicyclic amines) is 1. The third-order valence-electron chi connectivity index (χ3n) is 3.65. The molecule has 0 aromatic heterocycles. The third kappa shape index (κ3) is 4.46. The molecule has 0 radical (unpaired) electrons. The molecule has 0 bridgehead atoms. The van der Waals surface area contributed by atoms with E-state index in [0.717, 1.165) is 25.9 Å². The highest BCUT2D eigenvalue weighted by atomic mass is 32.2. The van der Waals surface area contributed by atoms with Gasteiger partial charge in [-0.2, -0.15) is 0 Å². The van der Waals surface area contributed by atoms with Crippen LogP contribution in [0.3, 0.4) is 0 Å². The zero-order valence-corrected chi connectivity index (χ0v) is 13.2. The molecule has 1 fully saturated rings. The van der Waals surface area contributed by atoms with Gasteiger partial charge in [0.25, 0.3) is 0 Å². The van der Waals surface area contributed by atoms with Crippen LogP contribution in [0.2, 0.25) is 0 Å². The van der Waals surface area contributed by atoms with Gasteiger partial charge >= 0.3 is 0 Å². The molecule has 0 saturated carbocycles. The predicted octanol–water partition coefficient (Wildman–Crippen LogP) is 1.90. The average Bonchev–Trinajstić information content (AvgIpc) is 2.47. The Balaban J connectivity index is 1.90. The van der Waals surface area contributed by atoms with Crippen molar-refractivity contribution in [3.8, 4) is 0 Å². The molecule has 0 spiro atoms. The lowest BCUT2D eigenvalue weighted by Gasteiger charge is -2.26. The quantitative estimate of drug-likeness (QED) is 0.902. The van der Waals surface area contributed by atoms with E-state index in [1.54, 1.807) is 24.3 Å². The summed E-state index contributed by atoms with van der Waals surface area (Å²) in [5.74, 6) is 0.138. The number of benzene rings is 1. The van der Waals surface area contributed by atoms with Gasteiger partial charge in [-0.25, -0.2) is 8.42 Å². The molecule has 1 amide bonds. The normalized spacial score (nSPS) is 15.8. The van der Waals surface area contributed by atoms with Gasteiger partial charge in [-0.1, -0.05) is 12.1 Å². The van der Waals surface area contributed by atoms with Crippen molar-refractivity contribution in [2.75, 3.05) is 31.2 Å². The number of carbonyl (C=O) groups is 1. The highest BCUT2D eigenvalue weighted by molar-refractivity contribution is 7.90. The first-order valence-corrected chi connectivity index (χ1v) is 9.18. The van der Waals surface area contributed by atoms with Gasteiger partial charge in [0.2, 0.25) is 5.91 Å². The number of hydrogen-bond acceptors (Lipinski definition) is 4. The second-order valence-corrected chi connectivity index (χ2v) is 7.37. The van der Waals surface area contributed by atoms with Crippen molar-refractivity contribution in [3.63, 3.8) is 0 Å². The molecule has 0 unspecified atom stereocenters. The van der Waals surface area contributed by atoms with E-state index in [0.29, 0.717) is 18.7 Å². The molecule has 1 aliphatic rings. The lowest BCUT2D eigenvalue weighted by Crippen LogP contribution is -2.36. The minimum absolute atomic E-state index is 0.138. The van der Waals surface area contributed by atoms with Crippen LogP contribution in [0.4, 0.5) is 5.69 Å². The monoisotopic (exact) mass is 310 g/mol. The topological polar surface area (TPSA) is 66.5 Å². The number of hydrogen-bond donors (Lipinski definition) is 1. The molecule has 1 aliphatic heterocycles. The summed E-state index contributed by atoms with van der Waals surface area (Å²) in [7, 11) is -3.26. The van der Waals surface area contributed by atoms with E-state index < -0.39 is 9.84 Å². The second-order valence-electron chi connectivity index (χ2n) is 5.39. The molecule has 0 aliphatic carbocycles. The molecule has 0 atom stereocenters. The summed E-state index contributed by atoms with van der Waals surface area (Å²) in [5, 5.41) is 3.06. The molecule has 1 N–H and O–H groups in total. The summed E-state index contributed by atoms with van der Waals surface area (Å²) in [5.41, 5.74) is 0.562. The van der Waals surface area contributed by atoms with Gasteiger partial charge in [-0.05, 0) is 31.4 Å². The molecule has 1 aromatic carbocycles. The van der Waals surface area contributed by atoms with Gasteiger partial charge in [-0.15, -0.1) is 0 Å². The average molecular weight is 310 g/mol. The van der Waals surface area contributed by atoms with Gasteiger partial charge in [0, 0.05) is 32.3 Å². The molecular formula is C15H22N2O3S. The Hall–Kier alpha value is -1.56. The highest BCUT2D eigenvalue weighted by Crippen LogP contribution is 2.20. The van der Waals surface area contributed by atoms with Crippen molar-refractivity contribution in [2.45, 2.75) is 30.6 Å². The van der Waals surface area contributed by atoms with E-state index in [9.17, 15) is 13.2 Å². The van der Waals surface area contributed by atoms with Crippen molar-refractivity contribution in [2.24, 2.45) is 0 Å². The zero-order valence-electron chi connectivity index (χ0n) is 12.3. The maximum absolute atomic E-state index is 12.0. The van der Waals surface area contributed by atoms with Crippen LogP contribution in [-0.2, 0) is 14.6 Å². The zero-order chi connectivity index (χ0) is 15.3. The molecule has 6 heteroatoms. The van der Waals surface area contributed by atoms with E-state index in [1.165, 1.54) is 12.7 Å². The highest BCUT2D eigenvalue weighted by Gasteiger charge is 2.16. The summed E-state index contributed by atoms with van der Waals surface area (Å²) in [6, 6.07) is 6.77. The van der Waals surface area contributed by atoms with Crippen LogP contribution in [0.5, 0.6) is 0 Å². The van der Waals surface area contributed by atoms with Gasteiger partial charge in [0.1, 0.15) is 0 Å². The molecule has 21 heavy (non-hydrogen) atoms. The first-order valence-electron chi connectivity index (χ1n) is 7.29. The van der Waals surface area contributed by atoms with Gasteiger partial charge in [0.15, 0.2) is 9.84 Å². The summed E-state index contributed by atoms with van der Waals surface area (Å²) >= 11 is 0. The minimum atomic E-state index is -3.26. The maximum Gasteiger partial charge on any atom is 0.224 e. The number of piperidine rings is 1. The standard InChI is InChI=1S/C15H22N2O3S/c1-21(19,20)14-8-4-3-7-13(14)16-10-9-15(18)17-11-5-2-6-12-17/h3-4,7-8,16H,2,5-6,9-12H2,1H3. The van der Waals surface area contributed by atoms with Crippen molar-refractivity contribution in [1.82, 2.24) is 4.90 Å². The molecule has 116 valence electrons. The minimum Gasteiger partial charge on any atom is -0.383 e. The number of amides is 1. The fraction of sp³-hybridized carbons (Fsp3) is 0.533. The van der Waals surface area contributed by atoms with Crippen LogP contribution in [0.15, 0.2) is 29.2 Å². The van der Waals surface area contributed by atoms with E-state index in [2.05, 4.69) is 5.32 Å². The largest absolute Gasteiger partial charge is 0.383 e. The maximum atomic E-state index is 12.0. The Kier molecular flexibility index (Phi) is 5.22. The van der Waals surface area contributed by atoms with Gasteiger partial charge < -0.3 is 10.2 Å². The second kappa shape index (κ2) is 6.93. The van der Waals surface area contributed by atoms with Crippen LogP contribution >= 0.6 is 0 Å². The SMILES string of the molecule is CS(=O)(=O)c1ccccc1NCCC(=O)N1CCCCC1. The predicted molar refractivity (Wildman–Crippen MR) is 83.1 cm³/mol. The third-order valence-corrected chi connectivity index (χ3v) is 4.80. The summed E-state index contributed by atoms with van der Waals surface area (Å²) in [6.45, 7) is 2.14. The van der Waals surface area contributed by atoms with E-state index in [-0.39, 0.29) is 10.8 Å². The first kappa shape index (κ1) is 15.8. The number of nitrogens with zero attached hydrogens (tertiary/aromatic N) is 1. The number of rotatable bonds is 5. The molecule has 1 saturated heterocycles. The lowest BCUT2D eigenvalue weighted by molar-refractivity contribution is -0.131. The van der Waals surface area contributed by atoms with Crippen LogP contribution < -0.4 is 5.32 Å². The summed E-state index contributed by atoms with van der Waals surface area (Å²) in [6.07, 6.45) is 4.93. The van der Waals surface area contributed by atoms with E-state index in [1.807, 2.05) is 4.90 Å². The Morgan fingerprint density at radius 3 is 2.52 bits per heavy atom. The molecule has 2 rings (SSSR count). The van der Waals surface area contributed by atoms with Crippen LogP contribution in [0.25, 0.3) is 0 Å². The molecule has 5 nitrogen and oxygen atoms in total. The first-order chi connectivity index (χ1) is 9.98. The van der Waals surface area contributed by atoms with Gasteiger partial charge in [0.05, 0.1) is 10.6 Å². The lowest BCUT2D eigenvalue weighted by atomic mass is 10.1. The number of para-hydroxylation sites is 1. The number of nitrogens with one attached hydrogen (secondary N) is 1. The van der Waals surface area contributed by atoms with Crippen LogP contribution in [-0.4, -0.2) is 45.1 Å². The molecular weight excluding hydrogens is 288 g/mol. The Labute approximate surface area is 126 Å².